The molecule has 0 aliphatic carbocycles. The van der Waals surface area contributed by atoms with Gasteiger partial charge in [-0.25, -0.2) is 4.79 Å². The maximum Gasteiger partial charge on any atom is 0.494 e. The van der Waals surface area contributed by atoms with Crippen LogP contribution in [0.5, 0.6) is 5.75 Å². The van der Waals surface area contributed by atoms with Crippen LogP contribution in [0, 0.1) is 0 Å². The van der Waals surface area contributed by atoms with Crippen molar-refractivity contribution in [3.8, 4) is 5.75 Å². The van der Waals surface area contributed by atoms with Gasteiger partial charge in [-0.3, -0.25) is 5.32 Å². The Hall–Kier alpha value is -2.51. The van der Waals surface area contributed by atoms with Crippen LogP contribution in [-0.2, 0) is 20.7 Å². The van der Waals surface area contributed by atoms with Gasteiger partial charge in [0, 0.05) is 0 Å². The molecule has 1 aliphatic rings. The van der Waals surface area contributed by atoms with Crippen LogP contribution in [0.1, 0.15) is 33.3 Å². The number of phenols is 1. The van der Waals surface area contributed by atoms with Crippen molar-refractivity contribution in [2.75, 3.05) is 5.32 Å². The number of aromatic hydroxyl groups is 1. The molecular weight excluding hydrogens is 345 g/mol. The second kappa shape index (κ2) is 7.25. The number of carbonyl (C=O) groups is 1. The second-order valence-electron chi connectivity index (χ2n) is 7.55. The third kappa shape index (κ3) is 4.26. The Morgan fingerprint density at radius 3 is 2.30 bits per heavy atom. The molecule has 2 aromatic carbocycles. The van der Waals surface area contributed by atoms with Crippen LogP contribution in [0.2, 0.25) is 0 Å². The first kappa shape index (κ1) is 19.3. The number of ether oxygens (including phenoxy) is 1. The lowest BCUT2D eigenvalue weighted by atomic mass is 9.79. The summed E-state index contributed by atoms with van der Waals surface area (Å²) in [6.45, 7) is 8.01. The number of hydrogen-bond donors (Lipinski definition) is 2. The molecule has 0 aromatic heterocycles. The van der Waals surface area contributed by atoms with Crippen LogP contribution in [0.3, 0.4) is 0 Å². The van der Waals surface area contributed by atoms with Gasteiger partial charge in [0.1, 0.15) is 12.4 Å². The smallest absolute Gasteiger partial charge is 0.494 e. The van der Waals surface area contributed by atoms with Gasteiger partial charge in [0.25, 0.3) is 0 Å². The van der Waals surface area contributed by atoms with Gasteiger partial charge >= 0.3 is 13.2 Å². The fourth-order valence-electron chi connectivity index (χ4n) is 2.65. The normalized spacial score (nSPS) is 17.6. The van der Waals surface area contributed by atoms with Crippen molar-refractivity contribution in [1.82, 2.24) is 0 Å². The summed E-state index contributed by atoms with van der Waals surface area (Å²) in [4.78, 5) is 12.0. The molecule has 0 spiro atoms. The number of phenolic OH excluding ortho intramolecular Hbond substituents is 1. The molecule has 27 heavy (non-hydrogen) atoms. The predicted octanol–water partition coefficient (Wildman–Crippen LogP) is 3.44. The molecule has 1 amide bonds. The van der Waals surface area contributed by atoms with E-state index in [2.05, 4.69) is 5.32 Å². The molecule has 1 aliphatic heterocycles. The van der Waals surface area contributed by atoms with Crippen molar-refractivity contribution < 1.29 is 23.9 Å². The molecule has 0 atom stereocenters. The van der Waals surface area contributed by atoms with Gasteiger partial charge in [-0.2, -0.15) is 0 Å². The Labute approximate surface area is 159 Å². The molecule has 2 aromatic rings. The third-order valence-corrected chi connectivity index (χ3v) is 5.00. The summed E-state index contributed by atoms with van der Waals surface area (Å²) in [6, 6.07) is 14.2. The summed E-state index contributed by atoms with van der Waals surface area (Å²) in [5, 5.41) is 12.8. The third-order valence-electron chi connectivity index (χ3n) is 5.00. The summed E-state index contributed by atoms with van der Waals surface area (Å²) in [5.74, 6) is -0.0844. The summed E-state index contributed by atoms with van der Waals surface area (Å²) >= 11 is 0. The Balaban J connectivity index is 1.62. The average molecular weight is 369 g/mol. The number of nitrogens with one attached hydrogen (secondary N) is 1. The molecule has 0 radical (unpaired) electrons. The molecule has 6 nitrogen and oxygen atoms in total. The first-order valence-corrected chi connectivity index (χ1v) is 8.84. The number of benzene rings is 2. The molecule has 7 heteroatoms. The van der Waals surface area contributed by atoms with Crippen molar-refractivity contribution in [3.63, 3.8) is 0 Å². The first-order valence-electron chi connectivity index (χ1n) is 8.84. The number of amides is 1. The van der Waals surface area contributed by atoms with Gasteiger partial charge in [0.15, 0.2) is 0 Å². The molecule has 0 bridgehead atoms. The Morgan fingerprint density at radius 2 is 1.70 bits per heavy atom. The molecular formula is C20H24BNO5. The molecule has 1 heterocycles. The van der Waals surface area contributed by atoms with Crippen molar-refractivity contribution in [1.29, 1.82) is 0 Å². The van der Waals surface area contributed by atoms with Crippen molar-refractivity contribution >= 4 is 24.4 Å². The van der Waals surface area contributed by atoms with Gasteiger partial charge < -0.3 is 19.2 Å². The second-order valence-corrected chi connectivity index (χ2v) is 7.55. The zero-order chi connectivity index (χ0) is 19.7. The highest BCUT2D eigenvalue weighted by atomic mass is 16.7. The average Bonchev–Trinajstić information content (AvgIpc) is 2.83. The monoisotopic (exact) mass is 369 g/mol. The highest BCUT2D eigenvalue weighted by molar-refractivity contribution is 6.62. The molecule has 2 N–H and O–H groups in total. The minimum Gasteiger partial charge on any atom is -0.506 e. The Bertz CT molecular complexity index is 806. The minimum atomic E-state index is -0.641. The Kier molecular flexibility index (Phi) is 5.17. The standard InChI is InChI=1S/C20H24BNO5/c1-19(2)20(3,4)27-21(26-19)15-10-11-16(17(23)12-15)22-18(24)25-13-14-8-6-5-7-9-14/h5-12,23H,13H2,1-4H3,(H,22,24). The van der Waals surface area contributed by atoms with Crippen molar-refractivity contribution in [3.05, 3.63) is 54.1 Å². The number of hydrogen-bond acceptors (Lipinski definition) is 5. The van der Waals surface area contributed by atoms with Gasteiger partial charge in [-0.05, 0) is 50.9 Å². The van der Waals surface area contributed by atoms with Gasteiger partial charge in [0.05, 0.1) is 16.9 Å². The maximum atomic E-state index is 12.0. The lowest BCUT2D eigenvalue weighted by Crippen LogP contribution is -2.41. The highest BCUT2D eigenvalue weighted by Crippen LogP contribution is 2.37. The highest BCUT2D eigenvalue weighted by Gasteiger charge is 2.51. The Morgan fingerprint density at radius 1 is 1.07 bits per heavy atom. The summed E-state index contributed by atoms with van der Waals surface area (Å²) in [7, 11) is -0.583. The number of anilines is 1. The van der Waals surface area contributed by atoms with Gasteiger partial charge in [0.2, 0.25) is 0 Å². The van der Waals surface area contributed by atoms with Crippen LogP contribution >= 0.6 is 0 Å². The van der Waals surface area contributed by atoms with E-state index in [4.69, 9.17) is 14.0 Å². The van der Waals surface area contributed by atoms with E-state index in [0.717, 1.165) is 5.56 Å². The SMILES string of the molecule is CC1(C)OB(c2ccc(NC(=O)OCc3ccccc3)c(O)c2)OC1(C)C. The van der Waals surface area contributed by atoms with E-state index in [1.54, 1.807) is 12.1 Å². The van der Waals surface area contributed by atoms with Crippen molar-refractivity contribution in [2.24, 2.45) is 0 Å². The fraction of sp³-hybridized carbons (Fsp3) is 0.350. The fourth-order valence-corrected chi connectivity index (χ4v) is 2.65. The van der Waals surface area contributed by atoms with E-state index in [-0.39, 0.29) is 18.0 Å². The predicted molar refractivity (Wildman–Crippen MR) is 104 cm³/mol. The minimum absolute atomic E-state index is 0.0844. The van der Waals surface area contributed by atoms with E-state index in [0.29, 0.717) is 5.46 Å². The molecule has 1 saturated heterocycles. The molecule has 3 rings (SSSR count). The number of carbonyl (C=O) groups excluding carboxylic acids is 1. The quantitative estimate of drug-likeness (QED) is 0.638. The molecule has 142 valence electrons. The van der Waals surface area contributed by atoms with Crippen LogP contribution in [0.4, 0.5) is 10.5 Å². The molecule has 1 fully saturated rings. The van der Waals surface area contributed by atoms with Gasteiger partial charge in [-0.15, -0.1) is 0 Å². The zero-order valence-electron chi connectivity index (χ0n) is 16.0. The number of rotatable bonds is 4. The van der Waals surface area contributed by atoms with E-state index >= 15 is 0 Å². The molecule has 0 saturated carbocycles. The van der Waals surface area contributed by atoms with E-state index in [1.165, 1.54) is 6.07 Å². The topological polar surface area (TPSA) is 77.0 Å². The summed E-state index contributed by atoms with van der Waals surface area (Å²) in [5.41, 5.74) is 0.882. The summed E-state index contributed by atoms with van der Waals surface area (Å²) in [6.07, 6.45) is -0.641. The van der Waals surface area contributed by atoms with Gasteiger partial charge in [-0.1, -0.05) is 36.4 Å². The first-order chi connectivity index (χ1) is 12.7. The lowest BCUT2D eigenvalue weighted by molar-refractivity contribution is 0.00578. The van der Waals surface area contributed by atoms with Crippen LogP contribution in [0.25, 0.3) is 0 Å². The molecule has 0 unspecified atom stereocenters. The van der Waals surface area contributed by atoms with Crippen LogP contribution < -0.4 is 10.8 Å². The largest absolute Gasteiger partial charge is 0.506 e. The van der Waals surface area contributed by atoms with Crippen molar-refractivity contribution in [2.45, 2.75) is 45.5 Å². The van der Waals surface area contributed by atoms with Crippen LogP contribution in [-0.4, -0.2) is 29.5 Å². The maximum absolute atomic E-state index is 12.0. The van der Waals surface area contributed by atoms with E-state index < -0.39 is 24.4 Å². The summed E-state index contributed by atoms with van der Waals surface area (Å²) < 4.78 is 17.1. The van der Waals surface area contributed by atoms with Crippen LogP contribution in [0.15, 0.2) is 48.5 Å². The van der Waals surface area contributed by atoms with E-state index in [1.807, 2.05) is 58.0 Å². The lowest BCUT2D eigenvalue weighted by Gasteiger charge is -2.32. The zero-order valence-corrected chi connectivity index (χ0v) is 16.0. The van der Waals surface area contributed by atoms with E-state index in [9.17, 15) is 9.90 Å².